The number of aromatic nitrogens is 3. The fraction of sp³-hybridized carbons (Fsp3) is 0.0556. The Balaban J connectivity index is 1.66. The molecule has 27 heavy (non-hydrogen) atoms. The summed E-state index contributed by atoms with van der Waals surface area (Å²) in [4.78, 5) is 17.2. The molecule has 0 unspecified atom stereocenters. The maximum absolute atomic E-state index is 12.6. The van der Waals surface area contributed by atoms with Crippen LogP contribution in [0.15, 0.2) is 52.5 Å². The van der Waals surface area contributed by atoms with Crippen molar-refractivity contribution < 1.29 is 9.21 Å². The van der Waals surface area contributed by atoms with Gasteiger partial charge in [-0.3, -0.25) is 4.79 Å². The molecular formula is C18H12Cl2N4O2S. The number of anilines is 1. The van der Waals surface area contributed by atoms with Crippen LogP contribution in [0, 0.1) is 6.92 Å². The highest BCUT2D eigenvalue weighted by atomic mass is 35.5. The first-order valence-corrected chi connectivity index (χ1v) is 9.47. The van der Waals surface area contributed by atoms with Gasteiger partial charge in [-0.25, -0.2) is 4.98 Å². The molecule has 3 heterocycles. The van der Waals surface area contributed by atoms with E-state index in [1.807, 2.05) is 18.4 Å². The number of benzene rings is 1. The largest absolute Gasteiger partial charge is 0.463 e. The van der Waals surface area contributed by atoms with E-state index in [0.29, 0.717) is 32.4 Å². The number of hydrogen-bond acceptors (Lipinski definition) is 5. The van der Waals surface area contributed by atoms with Gasteiger partial charge in [0.05, 0.1) is 22.5 Å². The first-order chi connectivity index (χ1) is 13.0. The quantitative estimate of drug-likeness (QED) is 0.477. The highest BCUT2D eigenvalue weighted by Gasteiger charge is 2.17. The summed E-state index contributed by atoms with van der Waals surface area (Å²) in [6, 6.07) is 10.1. The Hall–Kier alpha value is -2.61. The molecule has 0 fully saturated rings. The van der Waals surface area contributed by atoms with Gasteiger partial charge in [-0.15, -0.1) is 11.3 Å². The number of rotatable bonds is 4. The molecule has 1 aromatic carbocycles. The summed E-state index contributed by atoms with van der Waals surface area (Å²) in [5.74, 6) is 0.762. The molecule has 0 spiro atoms. The van der Waals surface area contributed by atoms with Gasteiger partial charge in [-0.05, 0) is 37.3 Å². The van der Waals surface area contributed by atoms with Crippen LogP contribution >= 0.6 is 34.5 Å². The SMILES string of the molecule is Cc1cc(NC(=O)c2cc(Cl)ccc2Cl)n(-c2nc(-c3ccco3)cs2)n1. The second kappa shape index (κ2) is 7.19. The lowest BCUT2D eigenvalue weighted by atomic mass is 10.2. The van der Waals surface area contributed by atoms with Crippen LogP contribution in [-0.2, 0) is 0 Å². The van der Waals surface area contributed by atoms with E-state index in [1.54, 1.807) is 35.2 Å². The fourth-order valence-electron chi connectivity index (χ4n) is 2.49. The lowest BCUT2D eigenvalue weighted by Crippen LogP contribution is -2.15. The third-order valence-corrected chi connectivity index (χ3v) is 5.07. The van der Waals surface area contributed by atoms with Crippen molar-refractivity contribution in [3.8, 4) is 16.6 Å². The highest BCUT2D eigenvalue weighted by Crippen LogP contribution is 2.27. The molecule has 0 atom stereocenters. The standard InChI is InChI=1S/C18H12Cl2N4O2S/c1-10-7-16(22-17(25)12-8-11(19)4-5-13(12)20)24(23-10)18-21-14(9-27-18)15-3-2-6-26-15/h2-9H,1H3,(H,22,25). The molecule has 0 radical (unpaired) electrons. The van der Waals surface area contributed by atoms with Crippen LogP contribution in [0.3, 0.4) is 0 Å². The zero-order chi connectivity index (χ0) is 19.0. The number of furan rings is 1. The van der Waals surface area contributed by atoms with Crippen LogP contribution in [0.25, 0.3) is 16.6 Å². The van der Waals surface area contributed by atoms with E-state index in [4.69, 9.17) is 27.6 Å². The van der Waals surface area contributed by atoms with Gasteiger partial charge < -0.3 is 9.73 Å². The van der Waals surface area contributed by atoms with Crippen LogP contribution in [-0.4, -0.2) is 20.7 Å². The molecule has 1 amide bonds. The summed E-state index contributed by atoms with van der Waals surface area (Å²) < 4.78 is 6.94. The normalized spacial score (nSPS) is 10.9. The average molecular weight is 419 g/mol. The second-order valence-corrected chi connectivity index (χ2v) is 7.33. The Kier molecular flexibility index (Phi) is 4.73. The Morgan fingerprint density at radius 2 is 2.11 bits per heavy atom. The maximum Gasteiger partial charge on any atom is 0.258 e. The van der Waals surface area contributed by atoms with Crippen LogP contribution < -0.4 is 5.32 Å². The summed E-state index contributed by atoms with van der Waals surface area (Å²) >= 11 is 13.5. The lowest BCUT2D eigenvalue weighted by molar-refractivity contribution is 0.102. The van der Waals surface area contributed by atoms with Gasteiger partial charge >= 0.3 is 0 Å². The first-order valence-electron chi connectivity index (χ1n) is 7.84. The van der Waals surface area contributed by atoms with Gasteiger partial charge in [0, 0.05) is 16.5 Å². The molecule has 4 rings (SSSR count). The average Bonchev–Trinajstić information content (AvgIpc) is 3.37. The van der Waals surface area contributed by atoms with Gasteiger partial charge in [0.1, 0.15) is 11.5 Å². The van der Waals surface area contributed by atoms with Crippen molar-refractivity contribution in [2.24, 2.45) is 0 Å². The molecule has 3 aromatic heterocycles. The number of halogens is 2. The molecule has 6 nitrogen and oxygen atoms in total. The van der Waals surface area contributed by atoms with E-state index in [0.717, 1.165) is 5.69 Å². The molecule has 0 saturated carbocycles. The van der Waals surface area contributed by atoms with Crippen LogP contribution in [0.2, 0.25) is 10.0 Å². The van der Waals surface area contributed by atoms with Crippen LogP contribution in [0.1, 0.15) is 16.1 Å². The molecule has 0 bridgehead atoms. The minimum absolute atomic E-state index is 0.282. The smallest absolute Gasteiger partial charge is 0.258 e. The van der Waals surface area contributed by atoms with Gasteiger partial charge in [-0.2, -0.15) is 9.78 Å². The topological polar surface area (TPSA) is 73.0 Å². The van der Waals surface area contributed by atoms with Crippen molar-refractivity contribution in [3.05, 3.63) is 69.3 Å². The monoisotopic (exact) mass is 418 g/mol. The number of aryl methyl sites for hydroxylation is 1. The second-order valence-electron chi connectivity index (χ2n) is 5.65. The zero-order valence-corrected chi connectivity index (χ0v) is 16.3. The molecule has 136 valence electrons. The number of amides is 1. The summed E-state index contributed by atoms with van der Waals surface area (Å²) in [5, 5.41) is 10.4. The first kappa shape index (κ1) is 17.8. The number of thiazole rings is 1. The van der Waals surface area contributed by atoms with Crippen LogP contribution in [0.5, 0.6) is 0 Å². The highest BCUT2D eigenvalue weighted by molar-refractivity contribution is 7.12. The Labute approximate surface area is 168 Å². The van der Waals surface area contributed by atoms with E-state index < -0.39 is 0 Å². The minimum atomic E-state index is -0.383. The molecule has 0 aliphatic rings. The Morgan fingerprint density at radius 3 is 2.89 bits per heavy atom. The van der Waals surface area contributed by atoms with Crippen LogP contribution in [0.4, 0.5) is 5.82 Å². The molecule has 0 aliphatic carbocycles. The summed E-state index contributed by atoms with van der Waals surface area (Å²) in [5.41, 5.74) is 1.71. The Bertz CT molecular complexity index is 1120. The number of nitrogens with one attached hydrogen (secondary N) is 1. The van der Waals surface area contributed by atoms with E-state index in [9.17, 15) is 4.79 Å². The molecule has 4 aromatic rings. The summed E-state index contributed by atoms with van der Waals surface area (Å²) in [6.07, 6.45) is 1.59. The zero-order valence-electron chi connectivity index (χ0n) is 13.9. The number of carbonyl (C=O) groups is 1. The number of carbonyl (C=O) groups excluding carboxylic acids is 1. The predicted octanol–water partition coefficient (Wildman–Crippen LogP) is 5.46. The van der Waals surface area contributed by atoms with Gasteiger partial charge in [0.2, 0.25) is 5.13 Å². The van der Waals surface area contributed by atoms with Gasteiger partial charge in [0.25, 0.3) is 5.91 Å². The fourth-order valence-corrected chi connectivity index (χ4v) is 3.64. The summed E-state index contributed by atoms with van der Waals surface area (Å²) in [6.45, 7) is 1.83. The third-order valence-electron chi connectivity index (χ3n) is 3.69. The van der Waals surface area contributed by atoms with Gasteiger partial charge in [-0.1, -0.05) is 23.2 Å². The van der Waals surface area contributed by atoms with E-state index in [2.05, 4.69) is 15.4 Å². The molecule has 9 heteroatoms. The van der Waals surface area contributed by atoms with Crippen molar-refractivity contribution in [1.82, 2.24) is 14.8 Å². The third kappa shape index (κ3) is 3.62. The predicted molar refractivity (Wildman–Crippen MR) is 106 cm³/mol. The minimum Gasteiger partial charge on any atom is -0.463 e. The van der Waals surface area contributed by atoms with E-state index >= 15 is 0 Å². The van der Waals surface area contributed by atoms with Gasteiger partial charge in [0.15, 0.2) is 5.76 Å². The Morgan fingerprint density at radius 1 is 1.26 bits per heavy atom. The lowest BCUT2D eigenvalue weighted by Gasteiger charge is -2.08. The molecule has 0 aliphatic heterocycles. The molecular weight excluding hydrogens is 407 g/mol. The van der Waals surface area contributed by atoms with Crippen molar-refractivity contribution in [2.45, 2.75) is 6.92 Å². The van der Waals surface area contributed by atoms with Crippen molar-refractivity contribution in [3.63, 3.8) is 0 Å². The van der Waals surface area contributed by atoms with Crippen molar-refractivity contribution >= 4 is 46.3 Å². The van der Waals surface area contributed by atoms with Crippen molar-refractivity contribution in [2.75, 3.05) is 5.32 Å². The van der Waals surface area contributed by atoms with E-state index in [-0.39, 0.29) is 11.5 Å². The molecule has 0 saturated heterocycles. The number of hydrogen-bond donors (Lipinski definition) is 1. The maximum atomic E-state index is 12.6. The molecule has 1 N–H and O–H groups in total. The number of nitrogens with zero attached hydrogens (tertiary/aromatic N) is 3. The summed E-state index contributed by atoms with van der Waals surface area (Å²) in [7, 11) is 0. The van der Waals surface area contributed by atoms with E-state index in [1.165, 1.54) is 17.4 Å². The van der Waals surface area contributed by atoms with Crippen molar-refractivity contribution in [1.29, 1.82) is 0 Å².